The number of nitrogens with one attached hydrogen (secondary N) is 1. The van der Waals surface area contributed by atoms with E-state index in [2.05, 4.69) is 5.32 Å². The molecule has 0 fully saturated rings. The summed E-state index contributed by atoms with van der Waals surface area (Å²) in [7, 11) is 0. The molecule has 1 aromatic heterocycles. The molecule has 3 N–H and O–H groups in total. The smallest absolute Gasteiger partial charge is 0.372 e. The molecular weight excluding hydrogens is 222 g/mol. The third-order valence-corrected chi connectivity index (χ3v) is 2.59. The monoisotopic (exact) mass is 241 g/mol. The summed E-state index contributed by atoms with van der Waals surface area (Å²) in [5.41, 5.74) is 0.628. The lowest BCUT2D eigenvalue weighted by atomic mass is 10.2. The SMILES string of the molecule is CCC(O)CCNCc1cc(C)c(C(=O)O)o1. The summed E-state index contributed by atoms with van der Waals surface area (Å²) >= 11 is 0. The second-order valence-electron chi connectivity index (χ2n) is 4.06. The molecule has 0 aliphatic carbocycles. The van der Waals surface area contributed by atoms with E-state index in [9.17, 15) is 9.90 Å². The Balaban J connectivity index is 2.37. The largest absolute Gasteiger partial charge is 0.475 e. The van der Waals surface area contributed by atoms with Gasteiger partial charge in [-0.25, -0.2) is 4.79 Å². The van der Waals surface area contributed by atoms with E-state index in [-0.39, 0.29) is 11.9 Å². The lowest BCUT2D eigenvalue weighted by molar-refractivity contribution is 0.0659. The number of aliphatic hydroxyl groups is 1. The predicted octanol–water partition coefficient (Wildman–Crippen LogP) is 1.54. The highest BCUT2D eigenvalue weighted by molar-refractivity contribution is 5.86. The maximum atomic E-state index is 10.7. The highest BCUT2D eigenvalue weighted by Gasteiger charge is 2.13. The van der Waals surface area contributed by atoms with Crippen LogP contribution in [0.2, 0.25) is 0 Å². The average Bonchev–Trinajstić information content (AvgIpc) is 2.65. The summed E-state index contributed by atoms with van der Waals surface area (Å²) < 4.78 is 5.18. The highest BCUT2D eigenvalue weighted by Crippen LogP contribution is 2.14. The summed E-state index contributed by atoms with van der Waals surface area (Å²) in [5.74, 6) is -0.448. The van der Waals surface area contributed by atoms with E-state index in [0.717, 1.165) is 6.42 Å². The Kier molecular flexibility index (Phi) is 5.18. The lowest BCUT2D eigenvalue weighted by Gasteiger charge is -2.07. The fraction of sp³-hybridized carbons (Fsp3) is 0.583. The number of carboxylic acids is 1. The third-order valence-electron chi connectivity index (χ3n) is 2.59. The molecule has 0 bridgehead atoms. The Morgan fingerprint density at radius 2 is 2.29 bits per heavy atom. The molecule has 0 aliphatic rings. The summed E-state index contributed by atoms with van der Waals surface area (Å²) in [6, 6.07) is 1.71. The van der Waals surface area contributed by atoms with Gasteiger partial charge >= 0.3 is 5.97 Å². The zero-order valence-corrected chi connectivity index (χ0v) is 10.2. The second-order valence-corrected chi connectivity index (χ2v) is 4.06. The lowest BCUT2D eigenvalue weighted by Crippen LogP contribution is -2.19. The number of hydrogen-bond donors (Lipinski definition) is 3. The highest BCUT2D eigenvalue weighted by atomic mass is 16.4. The molecule has 1 unspecified atom stereocenters. The minimum absolute atomic E-state index is 0.00427. The molecule has 1 atom stereocenters. The molecule has 0 saturated carbocycles. The molecule has 0 radical (unpaired) electrons. The van der Waals surface area contributed by atoms with Gasteiger partial charge in [0.25, 0.3) is 0 Å². The minimum Gasteiger partial charge on any atom is -0.475 e. The van der Waals surface area contributed by atoms with Crippen molar-refractivity contribution in [3.8, 4) is 0 Å². The molecule has 0 aromatic carbocycles. The van der Waals surface area contributed by atoms with E-state index in [1.54, 1.807) is 13.0 Å². The van der Waals surface area contributed by atoms with E-state index in [1.165, 1.54) is 0 Å². The van der Waals surface area contributed by atoms with Crippen LogP contribution in [0.25, 0.3) is 0 Å². The molecular formula is C12H19NO4. The Labute approximate surface area is 100 Å². The standard InChI is InChI=1S/C12H19NO4/c1-3-9(14)4-5-13-7-10-6-8(2)11(17-10)12(15)16/h6,9,13-14H,3-5,7H2,1-2H3,(H,15,16). The van der Waals surface area contributed by atoms with E-state index < -0.39 is 5.97 Å². The molecule has 0 spiro atoms. The maximum Gasteiger partial charge on any atom is 0.372 e. The van der Waals surface area contributed by atoms with Gasteiger partial charge in [-0.1, -0.05) is 6.92 Å². The van der Waals surface area contributed by atoms with Crippen molar-refractivity contribution in [2.24, 2.45) is 0 Å². The predicted molar refractivity (Wildman–Crippen MR) is 63.0 cm³/mol. The van der Waals surface area contributed by atoms with Gasteiger partial charge in [0.2, 0.25) is 5.76 Å². The molecule has 0 saturated heterocycles. The molecule has 96 valence electrons. The first-order valence-corrected chi connectivity index (χ1v) is 5.76. The Morgan fingerprint density at radius 1 is 1.59 bits per heavy atom. The summed E-state index contributed by atoms with van der Waals surface area (Å²) in [5, 5.41) is 21.2. The first kappa shape index (κ1) is 13.7. The molecule has 5 nitrogen and oxygen atoms in total. The molecule has 5 heteroatoms. The summed E-state index contributed by atoms with van der Waals surface area (Å²) in [6.07, 6.45) is 1.14. The van der Waals surface area contributed by atoms with Crippen molar-refractivity contribution < 1.29 is 19.4 Å². The Hall–Kier alpha value is -1.33. The van der Waals surface area contributed by atoms with E-state index in [0.29, 0.717) is 30.8 Å². The molecule has 1 rings (SSSR count). The van der Waals surface area contributed by atoms with Gasteiger partial charge in [0, 0.05) is 5.56 Å². The number of furan rings is 1. The van der Waals surface area contributed by atoms with Crippen molar-refractivity contribution in [3.05, 3.63) is 23.2 Å². The van der Waals surface area contributed by atoms with Crippen LogP contribution in [0.5, 0.6) is 0 Å². The van der Waals surface area contributed by atoms with Crippen LogP contribution in [0.4, 0.5) is 0 Å². The number of rotatable bonds is 7. The Bertz CT molecular complexity index is 373. The number of aliphatic hydroxyl groups excluding tert-OH is 1. The van der Waals surface area contributed by atoms with Gasteiger partial charge in [0.1, 0.15) is 5.76 Å². The van der Waals surface area contributed by atoms with Crippen molar-refractivity contribution in [2.45, 2.75) is 39.3 Å². The van der Waals surface area contributed by atoms with Crippen LogP contribution in [0.15, 0.2) is 10.5 Å². The second kappa shape index (κ2) is 6.42. The van der Waals surface area contributed by atoms with Crippen molar-refractivity contribution in [1.29, 1.82) is 0 Å². The fourth-order valence-corrected chi connectivity index (χ4v) is 1.53. The summed E-state index contributed by atoms with van der Waals surface area (Å²) in [6.45, 7) is 4.79. The van der Waals surface area contributed by atoms with Crippen LogP contribution in [-0.4, -0.2) is 28.8 Å². The third kappa shape index (κ3) is 4.20. The van der Waals surface area contributed by atoms with E-state index in [1.807, 2.05) is 6.92 Å². The molecule has 0 amide bonds. The number of carboxylic acid groups (broad SMARTS) is 1. The normalized spacial score (nSPS) is 12.6. The number of hydrogen-bond acceptors (Lipinski definition) is 4. The fourth-order valence-electron chi connectivity index (χ4n) is 1.53. The van der Waals surface area contributed by atoms with Gasteiger partial charge in [-0.3, -0.25) is 0 Å². The van der Waals surface area contributed by atoms with E-state index >= 15 is 0 Å². The number of carbonyl (C=O) groups is 1. The van der Waals surface area contributed by atoms with Gasteiger partial charge < -0.3 is 19.9 Å². The first-order valence-electron chi connectivity index (χ1n) is 5.76. The van der Waals surface area contributed by atoms with Crippen molar-refractivity contribution in [2.75, 3.05) is 6.54 Å². The van der Waals surface area contributed by atoms with E-state index in [4.69, 9.17) is 9.52 Å². The van der Waals surface area contributed by atoms with Gasteiger partial charge in [-0.05, 0) is 32.4 Å². The van der Waals surface area contributed by atoms with Crippen LogP contribution < -0.4 is 5.32 Å². The van der Waals surface area contributed by atoms with Gasteiger partial charge in [0.05, 0.1) is 12.6 Å². The van der Waals surface area contributed by atoms with Crippen LogP contribution in [-0.2, 0) is 6.54 Å². The van der Waals surface area contributed by atoms with Crippen LogP contribution in [0.1, 0.15) is 41.6 Å². The van der Waals surface area contributed by atoms with Crippen LogP contribution in [0, 0.1) is 6.92 Å². The average molecular weight is 241 g/mol. The first-order chi connectivity index (χ1) is 8.04. The quantitative estimate of drug-likeness (QED) is 0.631. The van der Waals surface area contributed by atoms with Crippen LogP contribution in [0.3, 0.4) is 0 Å². The molecule has 17 heavy (non-hydrogen) atoms. The maximum absolute atomic E-state index is 10.7. The molecule has 1 heterocycles. The van der Waals surface area contributed by atoms with Crippen molar-refractivity contribution in [1.82, 2.24) is 5.32 Å². The van der Waals surface area contributed by atoms with Crippen LogP contribution >= 0.6 is 0 Å². The molecule has 1 aromatic rings. The van der Waals surface area contributed by atoms with Crippen molar-refractivity contribution in [3.63, 3.8) is 0 Å². The zero-order valence-electron chi connectivity index (χ0n) is 10.2. The topological polar surface area (TPSA) is 82.7 Å². The van der Waals surface area contributed by atoms with Gasteiger partial charge in [0.15, 0.2) is 0 Å². The Morgan fingerprint density at radius 3 is 2.82 bits per heavy atom. The molecule has 0 aliphatic heterocycles. The minimum atomic E-state index is -1.05. The van der Waals surface area contributed by atoms with Gasteiger partial charge in [-0.2, -0.15) is 0 Å². The number of aromatic carboxylic acids is 1. The van der Waals surface area contributed by atoms with Crippen molar-refractivity contribution >= 4 is 5.97 Å². The summed E-state index contributed by atoms with van der Waals surface area (Å²) in [4.78, 5) is 10.7. The van der Waals surface area contributed by atoms with Gasteiger partial charge in [-0.15, -0.1) is 0 Å². The number of aryl methyl sites for hydroxylation is 1. The zero-order chi connectivity index (χ0) is 12.8.